The molecule has 3 heterocycles. The van der Waals surface area contributed by atoms with E-state index in [4.69, 9.17) is 0 Å². The van der Waals surface area contributed by atoms with E-state index in [1.807, 2.05) is 24.4 Å². The van der Waals surface area contributed by atoms with Crippen molar-refractivity contribution in [3.8, 4) is 5.69 Å². The Kier molecular flexibility index (Phi) is 4.47. The SMILES string of the molecule is Cc1cc(NC(=O)CCn2cnc3sccc3c2=O)ccc1-n1cnnn1. The molecule has 0 saturated heterocycles. The van der Waals surface area contributed by atoms with Gasteiger partial charge in [0.15, 0.2) is 0 Å². The van der Waals surface area contributed by atoms with Crippen molar-refractivity contribution in [2.45, 2.75) is 19.9 Å². The Balaban J connectivity index is 1.42. The smallest absolute Gasteiger partial charge is 0.262 e. The van der Waals surface area contributed by atoms with E-state index in [9.17, 15) is 9.59 Å². The standard InChI is InChI=1S/C17H15N7O2S/c1-11-8-12(2-3-14(11)24-10-19-21-22-24)20-15(25)4-6-23-9-18-16-13(17(23)26)5-7-27-16/h2-3,5,7-10H,4,6H2,1H3,(H,20,25). The molecule has 0 fully saturated rings. The number of rotatable bonds is 5. The average molecular weight is 381 g/mol. The Hall–Kier alpha value is -3.40. The third-order valence-electron chi connectivity index (χ3n) is 4.11. The summed E-state index contributed by atoms with van der Waals surface area (Å²) in [5.41, 5.74) is 2.30. The van der Waals surface area contributed by atoms with Crippen LogP contribution in [0.1, 0.15) is 12.0 Å². The number of carbonyl (C=O) groups excluding carboxylic acids is 1. The molecule has 10 heteroatoms. The lowest BCUT2D eigenvalue weighted by Crippen LogP contribution is -2.23. The van der Waals surface area contributed by atoms with E-state index in [0.29, 0.717) is 15.9 Å². The molecule has 0 saturated carbocycles. The largest absolute Gasteiger partial charge is 0.326 e. The molecule has 4 rings (SSSR count). The Bertz CT molecular complexity index is 1160. The van der Waals surface area contributed by atoms with Gasteiger partial charge in [-0.3, -0.25) is 14.2 Å². The van der Waals surface area contributed by atoms with E-state index in [0.717, 1.165) is 11.3 Å². The number of carbonyl (C=O) groups is 1. The molecule has 0 spiro atoms. The van der Waals surface area contributed by atoms with Crippen LogP contribution in [0.25, 0.3) is 15.9 Å². The summed E-state index contributed by atoms with van der Waals surface area (Å²) in [5.74, 6) is -0.179. The van der Waals surface area contributed by atoms with E-state index >= 15 is 0 Å². The van der Waals surface area contributed by atoms with Crippen LogP contribution in [0.5, 0.6) is 0 Å². The second-order valence-corrected chi connectivity index (χ2v) is 6.83. The lowest BCUT2D eigenvalue weighted by molar-refractivity contribution is -0.116. The zero-order valence-electron chi connectivity index (χ0n) is 14.4. The molecule has 0 radical (unpaired) electrons. The molecule has 27 heavy (non-hydrogen) atoms. The van der Waals surface area contributed by atoms with Gasteiger partial charge in [-0.2, -0.15) is 0 Å². The fourth-order valence-electron chi connectivity index (χ4n) is 2.76. The molecule has 1 N–H and O–H groups in total. The molecule has 1 amide bonds. The van der Waals surface area contributed by atoms with Crippen LogP contribution in [-0.2, 0) is 11.3 Å². The van der Waals surface area contributed by atoms with Gasteiger partial charge < -0.3 is 5.32 Å². The molecule has 0 atom stereocenters. The average Bonchev–Trinajstić information content (AvgIpc) is 3.33. The molecule has 0 unspecified atom stereocenters. The van der Waals surface area contributed by atoms with Crippen molar-refractivity contribution < 1.29 is 4.79 Å². The third-order valence-corrected chi connectivity index (χ3v) is 4.93. The summed E-state index contributed by atoms with van der Waals surface area (Å²) in [6.45, 7) is 2.18. The van der Waals surface area contributed by atoms with Crippen LogP contribution in [0.15, 0.2) is 47.1 Å². The van der Waals surface area contributed by atoms with Crippen molar-refractivity contribution in [3.63, 3.8) is 0 Å². The molecule has 0 aliphatic heterocycles. The Morgan fingerprint density at radius 3 is 2.93 bits per heavy atom. The normalized spacial score (nSPS) is 11.0. The fraction of sp³-hybridized carbons (Fsp3) is 0.176. The first-order chi connectivity index (χ1) is 13.1. The quantitative estimate of drug-likeness (QED) is 0.564. The summed E-state index contributed by atoms with van der Waals surface area (Å²) in [7, 11) is 0. The lowest BCUT2D eigenvalue weighted by Gasteiger charge is -2.10. The molecule has 0 aliphatic carbocycles. The highest BCUT2D eigenvalue weighted by atomic mass is 32.1. The van der Waals surface area contributed by atoms with Crippen molar-refractivity contribution in [1.29, 1.82) is 0 Å². The van der Waals surface area contributed by atoms with Gasteiger partial charge in [-0.25, -0.2) is 9.67 Å². The maximum atomic E-state index is 12.3. The van der Waals surface area contributed by atoms with E-state index < -0.39 is 0 Å². The zero-order chi connectivity index (χ0) is 18.8. The van der Waals surface area contributed by atoms with Gasteiger partial charge >= 0.3 is 0 Å². The Morgan fingerprint density at radius 1 is 1.26 bits per heavy atom. The van der Waals surface area contributed by atoms with Crippen LogP contribution in [0, 0.1) is 6.92 Å². The van der Waals surface area contributed by atoms with Crippen LogP contribution < -0.4 is 10.9 Å². The molecule has 0 bridgehead atoms. The van der Waals surface area contributed by atoms with Crippen LogP contribution in [0.2, 0.25) is 0 Å². The van der Waals surface area contributed by atoms with E-state index in [-0.39, 0.29) is 24.4 Å². The summed E-state index contributed by atoms with van der Waals surface area (Å²) in [6.07, 6.45) is 3.17. The summed E-state index contributed by atoms with van der Waals surface area (Å²) in [5, 5.41) is 16.3. The monoisotopic (exact) mass is 381 g/mol. The minimum atomic E-state index is -0.179. The highest BCUT2D eigenvalue weighted by Crippen LogP contribution is 2.18. The molecular formula is C17H15N7O2S. The minimum absolute atomic E-state index is 0.129. The number of aryl methyl sites for hydroxylation is 2. The first-order valence-corrected chi connectivity index (χ1v) is 9.06. The summed E-state index contributed by atoms with van der Waals surface area (Å²) in [4.78, 5) is 29.5. The Labute approximate surface area is 157 Å². The lowest BCUT2D eigenvalue weighted by atomic mass is 10.1. The van der Waals surface area contributed by atoms with Crippen molar-refractivity contribution in [2.24, 2.45) is 0 Å². The molecule has 0 aliphatic rings. The van der Waals surface area contributed by atoms with Gasteiger partial charge in [0.25, 0.3) is 5.56 Å². The number of aromatic nitrogens is 6. The zero-order valence-corrected chi connectivity index (χ0v) is 15.2. The van der Waals surface area contributed by atoms with Gasteiger partial charge in [0.2, 0.25) is 5.91 Å². The maximum absolute atomic E-state index is 12.3. The van der Waals surface area contributed by atoms with E-state index in [1.165, 1.54) is 28.6 Å². The second kappa shape index (κ2) is 7.08. The molecule has 1 aromatic carbocycles. The summed E-state index contributed by atoms with van der Waals surface area (Å²) in [6, 6.07) is 7.22. The van der Waals surface area contributed by atoms with E-state index in [1.54, 1.807) is 16.8 Å². The van der Waals surface area contributed by atoms with Crippen LogP contribution in [-0.4, -0.2) is 35.7 Å². The van der Waals surface area contributed by atoms with E-state index in [2.05, 4.69) is 25.8 Å². The molecular weight excluding hydrogens is 366 g/mol. The predicted octanol–water partition coefficient (Wildman–Crippen LogP) is 1.77. The first kappa shape index (κ1) is 17.0. The van der Waals surface area contributed by atoms with Gasteiger partial charge in [0, 0.05) is 18.7 Å². The topological polar surface area (TPSA) is 108 Å². The molecule has 3 aromatic heterocycles. The van der Waals surface area contributed by atoms with Gasteiger partial charge in [-0.15, -0.1) is 16.4 Å². The number of anilines is 1. The van der Waals surface area contributed by atoms with Gasteiger partial charge in [0.05, 0.1) is 17.4 Å². The molecule has 9 nitrogen and oxygen atoms in total. The number of hydrogen-bond donors (Lipinski definition) is 1. The van der Waals surface area contributed by atoms with Gasteiger partial charge in [-0.05, 0) is 52.6 Å². The van der Waals surface area contributed by atoms with Crippen molar-refractivity contribution >= 4 is 33.1 Å². The van der Waals surface area contributed by atoms with Crippen LogP contribution in [0.4, 0.5) is 5.69 Å². The minimum Gasteiger partial charge on any atom is -0.326 e. The van der Waals surface area contributed by atoms with Crippen molar-refractivity contribution in [3.05, 3.63) is 58.2 Å². The van der Waals surface area contributed by atoms with Crippen LogP contribution in [0.3, 0.4) is 0 Å². The summed E-state index contributed by atoms with van der Waals surface area (Å²) < 4.78 is 3.02. The molecule has 4 aromatic rings. The number of hydrogen-bond acceptors (Lipinski definition) is 7. The number of benzene rings is 1. The first-order valence-electron chi connectivity index (χ1n) is 8.18. The Morgan fingerprint density at radius 2 is 2.15 bits per heavy atom. The number of fused-ring (bicyclic) bond motifs is 1. The van der Waals surface area contributed by atoms with Gasteiger partial charge in [0.1, 0.15) is 11.2 Å². The highest BCUT2D eigenvalue weighted by molar-refractivity contribution is 7.16. The summed E-state index contributed by atoms with van der Waals surface area (Å²) >= 11 is 1.42. The van der Waals surface area contributed by atoms with Crippen molar-refractivity contribution in [2.75, 3.05) is 5.32 Å². The van der Waals surface area contributed by atoms with Crippen molar-refractivity contribution in [1.82, 2.24) is 29.8 Å². The van der Waals surface area contributed by atoms with Crippen LogP contribution >= 0.6 is 11.3 Å². The molecule has 136 valence electrons. The predicted molar refractivity (Wildman–Crippen MR) is 101 cm³/mol. The van der Waals surface area contributed by atoms with Gasteiger partial charge in [-0.1, -0.05) is 0 Å². The number of nitrogens with one attached hydrogen (secondary N) is 1. The number of tetrazole rings is 1. The second-order valence-electron chi connectivity index (χ2n) is 5.94. The maximum Gasteiger partial charge on any atom is 0.262 e. The number of nitrogens with zero attached hydrogens (tertiary/aromatic N) is 6. The fourth-order valence-corrected chi connectivity index (χ4v) is 3.48. The number of amides is 1. The highest BCUT2D eigenvalue weighted by Gasteiger charge is 2.09. The third kappa shape index (κ3) is 3.47. The number of thiophene rings is 1.